The third-order valence-corrected chi connectivity index (χ3v) is 5.73. The van der Waals surface area contributed by atoms with Gasteiger partial charge in [-0.2, -0.15) is 0 Å². The van der Waals surface area contributed by atoms with Crippen molar-refractivity contribution >= 4 is 22.9 Å². The van der Waals surface area contributed by atoms with Crippen molar-refractivity contribution in [3.8, 4) is 0 Å². The highest BCUT2D eigenvalue weighted by Crippen LogP contribution is 2.33. The molecule has 0 saturated carbocycles. The Hall–Kier alpha value is -3.58. The van der Waals surface area contributed by atoms with E-state index in [0.717, 1.165) is 48.3 Å². The van der Waals surface area contributed by atoms with Crippen molar-refractivity contribution in [1.29, 1.82) is 0 Å². The van der Waals surface area contributed by atoms with E-state index in [-0.39, 0.29) is 6.17 Å². The van der Waals surface area contributed by atoms with E-state index in [4.69, 9.17) is 14.4 Å². The molecule has 2 aliphatic rings. The Kier molecular flexibility index (Phi) is 4.06. The van der Waals surface area contributed by atoms with E-state index >= 15 is 0 Å². The Morgan fingerprint density at radius 1 is 1.00 bits per heavy atom. The number of nitrogens with one attached hydrogen (secondary N) is 1. The fourth-order valence-electron chi connectivity index (χ4n) is 4.23. The minimum absolute atomic E-state index is 0.173. The lowest BCUT2D eigenvalue weighted by molar-refractivity contribution is 0.272. The molecule has 30 heavy (non-hydrogen) atoms. The lowest BCUT2D eigenvalue weighted by atomic mass is 10.1. The normalized spacial score (nSPS) is 18.6. The van der Waals surface area contributed by atoms with Gasteiger partial charge in [0.05, 0.1) is 30.6 Å². The Balaban J connectivity index is 1.35. The maximum absolute atomic E-state index is 5.74. The molecule has 7 nitrogen and oxygen atoms in total. The van der Waals surface area contributed by atoms with E-state index in [1.165, 1.54) is 5.56 Å². The second kappa shape index (κ2) is 7.03. The molecule has 150 valence electrons. The Morgan fingerprint density at radius 3 is 2.73 bits per heavy atom. The van der Waals surface area contributed by atoms with Crippen molar-refractivity contribution in [2.75, 3.05) is 24.8 Å². The van der Waals surface area contributed by atoms with Crippen LogP contribution >= 0.6 is 0 Å². The van der Waals surface area contributed by atoms with Gasteiger partial charge in [-0.15, -0.1) is 0 Å². The third-order valence-electron chi connectivity index (χ3n) is 5.73. The predicted molar refractivity (Wildman–Crippen MR) is 116 cm³/mol. The molecule has 0 spiro atoms. The average Bonchev–Trinajstić information content (AvgIpc) is 3.46. The number of aromatic nitrogens is 2. The van der Waals surface area contributed by atoms with Gasteiger partial charge in [-0.1, -0.05) is 42.5 Å². The molecule has 0 saturated heterocycles. The number of guanidine groups is 1. The van der Waals surface area contributed by atoms with E-state index in [1.807, 2.05) is 30.3 Å². The second-order valence-corrected chi connectivity index (χ2v) is 7.66. The van der Waals surface area contributed by atoms with Gasteiger partial charge in [0.25, 0.3) is 0 Å². The number of fused-ring (bicyclic) bond motifs is 5. The molecule has 0 unspecified atom stereocenters. The Labute approximate surface area is 174 Å². The van der Waals surface area contributed by atoms with Crippen LogP contribution in [0.3, 0.4) is 0 Å². The van der Waals surface area contributed by atoms with Gasteiger partial charge in [-0.25, -0.2) is 9.98 Å². The second-order valence-electron chi connectivity index (χ2n) is 7.66. The predicted octanol–water partition coefficient (Wildman–Crippen LogP) is 3.42. The van der Waals surface area contributed by atoms with Crippen LogP contribution in [-0.4, -0.2) is 40.3 Å². The highest BCUT2D eigenvalue weighted by molar-refractivity contribution is 5.98. The summed E-state index contributed by atoms with van der Waals surface area (Å²) in [6.45, 7) is 2.35. The topological polar surface area (TPSA) is 61.8 Å². The summed E-state index contributed by atoms with van der Waals surface area (Å²) in [5, 5.41) is 3.57. The minimum atomic E-state index is -0.173. The van der Waals surface area contributed by atoms with Crippen molar-refractivity contribution in [2.45, 2.75) is 12.6 Å². The fourth-order valence-corrected chi connectivity index (χ4v) is 4.23. The van der Waals surface area contributed by atoms with Gasteiger partial charge in [-0.3, -0.25) is 14.4 Å². The van der Waals surface area contributed by atoms with E-state index in [2.05, 4.69) is 56.1 Å². The molecular weight excluding hydrogens is 376 g/mol. The molecule has 7 heteroatoms. The maximum Gasteiger partial charge on any atom is 0.216 e. The van der Waals surface area contributed by atoms with Crippen LogP contribution in [0.5, 0.6) is 0 Å². The number of hydrogen-bond donors (Lipinski definition) is 1. The van der Waals surface area contributed by atoms with E-state index in [0.29, 0.717) is 6.67 Å². The number of imidazole rings is 1. The van der Waals surface area contributed by atoms with Crippen molar-refractivity contribution in [2.24, 2.45) is 4.99 Å². The molecule has 2 aromatic carbocycles. The first-order valence-corrected chi connectivity index (χ1v) is 10.2. The Morgan fingerprint density at radius 2 is 1.87 bits per heavy atom. The lowest BCUT2D eigenvalue weighted by Gasteiger charge is -2.41. The highest BCUT2D eigenvalue weighted by atomic mass is 16.3. The zero-order chi connectivity index (χ0) is 19.9. The molecule has 4 aromatic rings. The summed E-state index contributed by atoms with van der Waals surface area (Å²) >= 11 is 0. The summed E-state index contributed by atoms with van der Waals surface area (Å²) in [5.74, 6) is 2.57. The summed E-state index contributed by atoms with van der Waals surface area (Å²) in [6.07, 6.45) is 2.53. The number of para-hydroxylation sites is 2. The SMILES string of the molecule is c1ccc(CCN2CN=C3N[C@H](c4ccco4)n4c(nc5ccccc54)N3C2)cc1. The molecule has 0 fully saturated rings. The molecular formula is C23H22N6O. The first-order valence-electron chi connectivity index (χ1n) is 10.2. The van der Waals surface area contributed by atoms with Crippen LogP contribution in [0, 0.1) is 0 Å². The van der Waals surface area contributed by atoms with Crippen LogP contribution in [0.4, 0.5) is 5.95 Å². The van der Waals surface area contributed by atoms with Crippen LogP contribution in [-0.2, 0) is 6.42 Å². The van der Waals surface area contributed by atoms with Crippen molar-refractivity contribution in [3.63, 3.8) is 0 Å². The monoisotopic (exact) mass is 398 g/mol. The number of benzene rings is 2. The molecule has 0 radical (unpaired) electrons. The highest BCUT2D eigenvalue weighted by Gasteiger charge is 2.36. The van der Waals surface area contributed by atoms with Crippen LogP contribution < -0.4 is 10.2 Å². The summed E-state index contributed by atoms with van der Waals surface area (Å²) in [5.41, 5.74) is 3.38. The smallest absolute Gasteiger partial charge is 0.216 e. The van der Waals surface area contributed by atoms with Gasteiger partial charge in [0.15, 0.2) is 6.17 Å². The Bertz CT molecular complexity index is 1200. The van der Waals surface area contributed by atoms with Crippen molar-refractivity contribution < 1.29 is 4.42 Å². The van der Waals surface area contributed by atoms with Crippen LogP contribution in [0.15, 0.2) is 82.4 Å². The largest absolute Gasteiger partial charge is 0.465 e. The first-order chi connectivity index (χ1) is 14.9. The lowest BCUT2D eigenvalue weighted by Crippen LogP contribution is -2.57. The summed E-state index contributed by atoms with van der Waals surface area (Å²) in [4.78, 5) is 14.3. The fraction of sp³-hybridized carbons (Fsp3) is 0.217. The molecule has 0 amide bonds. The van der Waals surface area contributed by atoms with Gasteiger partial charge < -0.3 is 9.73 Å². The summed E-state index contributed by atoms with van der Waals surface area (Å²) in [7, 11) is 0. The van der Waals surface area contributed by atoms with E-state index in [1.54, 1.807) is 6.26 Å². The number of aliphatic imine (C=N–C) groups is 1. The summed E-state index contributed by atoms with van der Waals surface area (Å²) in [6, 6.07) is 22.7. The molecule has 1 atom stereocenters. The molecule has 1 N–H and O–H groups in total. The zero-order valence-electron chi connectivity index (χ0n) is 16.5. The quantitative estimate of drug-likeness (QED) is 0.571. The standard InChI is InChI=1S/C23H22N6O/c1-2-7-17(8-3-1)12-13-27-15-24-22-26-21(20-11-6-14-30-20)29-19-10-5-4-9-18(19)25-23(29)28(22)16-27/h1-11,14,21H,12-13,15-16H2,(H,24,26)/t21-/m0/s1. The molecule has 6 rings (SSSR count). The van der Waals surface area contributed by atoms with Crippen molar-refractivity contribution in [1.82, 2.24) is 19.8 Å². The molecule has 0 bridgehead atoms. The molecule has 2 aromatic heterocycles. The summed E-state index contributed by atoms with van der Waals surface area (Å²) < 4.78 is 7.94. The number of anilines is 1. The van der Waals surface area contributed by atoms with E-state index < -0.39 is 0 Å². The van der Waals surface area contributed by atoms with E-state index in [9.17, 15) is 0 Å². The number of hydrogen-bond acceptors (Lipinski definition) is 6. The maximum atomic E-state index is 5.74. The van der Waals surface area contributed by atoms with Gasteiger partial charge in [0.1, 0.15) is 5.76 Å². The molecule has 0 aliphatic carbocycles. The van der Waals surface area contributed by atoms with Crippen LogP contribution in [0.2, 0.25) is 0 Å². The van der Waals surface area contributed by atoms with Crippen molar-refractivity contribution in [3.05, 3.63) is 84.3 Å². The van der Waals surface area contributed by atoms with Gasteiger partial charge in [0, 0.05) is 6.54 Å². The first kappa shape index (κ1) is 17.3. The minimum Gasteiger partial charge on any atom is -0.465 e. The molecule has 2 aliphatic heterocycles. The van der Waals surface area contributed by atoms with Crippen LogP contribution in [0.1, 0.15) is 17.5 Å². The third kappa shape index (κ3) is 2.86. The van der Waals surface area contributed by atoms with Crippen LogP contribution in [0.25, 0.3) is 11.0 Å². The number of furan rings is 1. The number of rotatable bonds is 4. The zero-order valence-corrected chi connectivity index (χ0v) is 16.5. The molecule has 4 heterocycles. The van der Waals surface area contributed by atoms with Gasteiger partial charge in [-0.05, 0) is 36.2 Å². The van der Waals surface area contributed by atoms with Gasteiger partial charge in [0.2, 0.25) is 11.9 Å². The average molecular weight is 398 g/mol. The van der Waals surface area contributed by atoms with Gasteiger partial charge >= 0.3 is 0 Å². The number of nitrogens with zero attached hydrogens (tertiary/aromatic N) is 5.